The second-order valence-corrected chi connectivity index (χ2v) is 2.59. The van der Waals surface area contributed by atoms with E-state index in [9.17, 15) is 8.78 Å². The Balaban J connectivity index is 0. The van der Waals surface area contributed by atoms with Crippen LogP contribution in [0.4, 0.5) is 8.78 Å². The van der Waals surface area contributed by atoms with Gasteiger partial charge in [0.1, 0.15) is 0 Å². The van der Waals surface area contributed by atoms with Gasteiger partial charge in [-0.05, 0) is 0 Å². The molecule has 2 unspecified atom stereocenters. The van der Waals surface area contributed by atoms with E-state index in [1.165, 1.54) is 0 Å². The van der Waals surface area contributed by atoms with Crippen LogP contribution in [0.15, 0.2) is 0 Å². The highest BCUT2D eigenvalue weighted by atomic mass is 35.5. The molecule has 0 aromatic carbocycles. The minimum absolute atomic E-state index is 0. The molecule has 2 atom stereocenters. The van der Waals surface area contributed by atoms with Gasteiger partial charge in [0, 0.05) is 24.9 Å². The van der Waals surface area contributed by atoms with Crippen LogP contribution in [0.5, 0.6) is 0 Å². The number of rotatable bonds is 0. The number of hydrogen-bond donors (Lipinski definition) is 2. The Morgan fingerprint density at radius 2 is 1.27 bits per heavy atom. The van der Waals surface area contributed by atoms with Gasteiger partial charge in [0.05, 0.1) is 0 Å². The van der Waals surface area contributed by atoms with Gasteiger partial charge >= 0.3 is 0 Å². The first-order valence-electron chi connectivity index (χ1n) is 2.90. The van der Waals surface area contributed by atoms with Crippen LogP contribution in [0.3, 0.4) is 0 Å². The second kappa shape index (κ2) is 4.40. The molecule has 0 bridgehead atoms. The van der Waals surface area contributed by atoms with Crippen LogP contribution < -0.4 is 11.5 Å². The third-order valence-corrected chi connectivity index (χ3v) is 1.62. The fourth-order valence-corrected chi connectivity index (χ4v) is 1.08. The molecule has 1 saturated carbocycles. The molecule has 2 nitrogen and oxygen atoms in total. The minimum atomic E-state index is -2.61. The molecule has 1 fully saturated rings. The standard InChI is InChI=1S/C5H10F2N2.2ClH/c6-5(7)1-3(8)4(9)2-5;;/h3-4H,1-2,8-9H2;2*1H. The molecule has 0 radical (unpaired) electrons. The van der Waals surface area contributed by atoms with Crippen molar-refractivity contribution < 1.29 is 8.78 Å². The Labute approximate surface area is 76.5 Å². The third kappa shape index (κ3) is 3.51. The van der Waals surface area contributed by atoms with Crippen molar-refractivity contribution in [3.63, 3.8) is 0 Å². The van der Waals surface area contributed by atoms with Crippen LogP contribution in [0.1, 0.15) is 12.8 Å². The summed E-state index contributed by atoms with van der Waals surface area (Å²) in [6, 6.07) is -1.03. The second-order valence-electron chi connectivity index (χ2n) is 2.59. The topological polar surface area (TPSA) is 52.0 Å². The smallest absolute Gasteiger partial charge is 0.251 e. The van der Waals surface area contributed by atoms with E-state index in [0.29, 0.717) is 0 Å². The van der Waals surface area contributed by atoms with E-state index in [4.69, 9.17) is 11.5 Å². The number of alkyl halides is 2. The van der Waals surface area contributed by atoms with E-state index < -0.39 is 18.0 Å². The van der Waals surface area contributed by atoms with E-state index in [0.717, 1.165) is 0 Å². The maximum Gasteiger partial charge on any atom is 0.251 e. The quantitative estimate of drug-likeness (QED) is 0.623. The Hall–Kier alpha value is 0.360. The lowest BCUT2D eigenvalue weighted by Gasteiger charge is -2.04. The molecule has 0 aromatic rings. The van der Waals surface area contributed by atoms with Gasteiger partial charge in [0.2, 0.25) is 0 Å². The van der Waals surface area contributed by atoms with Gasteiger partial charge in [0.25, 0.3) is 5.92 Å². The fourth-order valence-electron chi connectivity index (χ4n) is 1.08. The molecule has 0 saturated heterocycles. The van der Waals surface area contributed by atoms with E-state index in [1.807, 2.05) is 0 Å². The van der Waals surface area contributed by atoms with Gasteiger partial charge in [-0.25, -0.2) is 8.78 Å². The summed E-state index contributed by atoms with van der Waals surface area (Å²) in [7, 11) is 0. The first kappa shape index (κ1) is 13.9. The molecule has 11 heavy (non-hydrogen) atoms. The fraction of sp³-hybridized carbons (Fsp3) is 1.00. The van der Waals surface area contributed by atoms with Crippen molar-refractivity contribution in [2.75, 3.05) is 0 Å². The summed E-state index contributed by atoms with van der Waals surface area (Å²) in [5.41, 5.74) is 10.5. The zero-order valence-corrected chi connectivity index (χ0v) is 7.43. The number of halogens is 4. The molecule has 4 N–H and O–H groups in total. The maximum absolute atomic E-state index is 12.3. The Morgan fingerprint density at radius 3 is 1.36 bits per heavy atom. The lowest BCUT2D eigenvalue weighted by atomic mass is 10.2. The molecule has 1 rings (SSSR count). The molecule has 0 amide bonds. The summed E-state index contributed by atoms with van der Waals surface area (Å²) in [4.78, 5) is 0. The average Bonchev–Trinajstić information content (AvgIpc) is 1.79. The maximum atomic E-state index is 12.3. The van der Waals surface area contributed by atoms with Gasteiger partial charge in [-0.1, -0.05) is 0 Å². The number of hydrogen-bond acceptors (Lipinski definition) is 2. The van der Waals surface area contributed by atoms with E-state index in [2.05, 4.69) is 0 Å². The van der Waals surface area contributed by atoms with Gasteiger partial charge in [-0.2, -0.15) is 0 Å². The summed E-state index contributed by atoms with van der Waals surface area (Å²) in [6.07, 6.45) is -0.512. The van der Waals surface area contributed by atoms with Crippen LogP contribution in [0.2, 0.25) is 0 Å². The van der Waals surface area contributed by atoms with Crippen LogP contribution >= 0.6 is 24.8 Å². The lowest BCUT2D eigenvalue weighted by molar-refractivity contribution is 0.00693. The molecule has 1 aliphatic carbocycles. The summed E-state index contributed by atoms with van der Waals surface area (Å²) in [5.74, 6) is -2.61. The zero-order chi connectivity index (χ0) is 7.07. The summed E-state index contributed by atoms with van der Waals surface area (Å²) in [5, 5.41) is 0. The van der Waals surface area contributed by atoms with Crippen molar-refractivity contribution in [3.05, 3.63) is 0 Å². The first-order valence-corrected chi connectivity index (χ1v) is 2.90. The van der Waals surface area contributed by atoms with Crippen LogP contribution in [-0.2, 0) is 0 Å². The molecule has 0 aromatic heterocycles. The van der Waals surface area contributed by atoms with Crippen molar-refractivity contribution in [1.29, 1.82) is 0 Å². The largest absolute Gasteiger partial charge is 0.326 e. The first-order chi connectivity index (χ1) is 4.01. The number of nitrogens with two attached hydrogens (primary N) is 2. The van der Waals surface area contributed by atoms with Gasteiger partial charge in [-0.15, -0.1) is 24.8 Å². The van der Waals surface area contributed by atoms with Crippen molar-refractivity contribution in [2.24, 2.45) is 11.5 Å². The minimum Gasteiger partial charge on any atom is -0.326 e. The Morgan fingerprint density at radius 1 is 1.00 bits per heavy atom. The Kier molecular flexibility index (Phi) is 5.57. The summed E-state index contributed by atoms with van der Waals surface area (Å²) < 4.78 is 24.6. The molecule has 70 valence electrons. The van der Waals surface area contributed by atoms with E-state index >= 15 is 0 Å². The highest BCUT2D eigenvalue weighted by Gasteiger charge is 2.42. The molecule has 6 heteroatoms. The van der Waals surface area contributed by atoms with Gasteiger partial charge in [0.15, 0.2) is 0 Å². The molecule has 0 spiro atoms. The van der Waals surface area contributed by atoms with Crippen molar-refractivity contribution in [1.82, 2.24) is 0 Å². The molecule has 1 aliphatic rings. The highest BCUT2D eigenvalue weighted by molar-refractivity contribution is 5.85. The molecular weight excluding hydrogens is 197 g/mol. The van der Waals surface area contributed by atoms with Crippen LogP contribution in [-0.4, -0.2) is 18.0 Å². The third-order valence-electron chi connectivity index (χ3n) is 1.62. The highest BCUT2D eigenvalue weighted by Crippen LogP contribution is 2.32. The summed E-state index contributed by atoms with van der Waals surface area (Å²) >= 11 is 0. The van der Waals surface area contributed by atoms with E-state index in [1.54, 1.807) is 0 Å². The molecular formula is C5H12Cl2F2N2. The van der Waals surface area contributed by atoms with Crippen molar-refractivity contribution >= 4 is 24.8 Å². The monoisotopic (exact) mass is 208 g/mol. The van der Waals surface area contributed by atoms with Crippen LogP contribution in [0.25, 0.3) is 0 Å². The zero-order valence-electron chi connectivity index (χ0n) is 5.80. The van der Waals surface area contributed by atoms with Crippen molar-refractivity contribution in [3.8, 4) is 0 Å². The normalized spacial score (nSPS) is 33.8. The summed E-state index contributed by atoms with van der Waals surface area (Å²) in [6.45, 7) is 0. The Bertz CT molecular complexity index is 111. The SMILES string of the molecule is Cl.Cl.NC1CC(F)(F)CC1N. The van der Waals surface area contributed by atoms with Crippen molar-refractivity contribution in [2.45, 2.75) is 30.8 Å². The van der Waals surface area contributed by atoms with E-state index in [-0.39, 0.29) is 37.7 Å². The predicted molar refractivity (Wildman–Crippen MR) is 44.6 cm³/mol. The molecule has 0 heterocycles. The molecule has 0 aliphatic heterocycles. The predicted octanol–water partition coefficient (Wildman–Crippen LogP) is 0.914. The van der Waals surface area contributed by atoms with Gasteiger partial charge in [-0.3, -0.25) is 0 Å². The lowest BCUT2D eigenvalue weighted by Crippen LogP contribution is -2.35. The van der Waals surface area contributed by atoms with Gasteiger partial charge < -0.3 is 11.5 Å². The van der Waals surface area contributed by atoms with Crippen LogP contribution in [0, 0.1) is 0 Å². The average molecular weight is 209 g/mol.